The van der Waals surface area contributed by atoms with Gasteiger partial charge in [0, 0.05) is 31.2 Å². The van der Waals surface area contributed by atoms with Gasteiger partial charge in [0.05, 0.1) is 19.1 Å². The van der Waals surface area contributed by atoms with Gasteiger partial charge in [-0.15, -0.1) is 5.10 Å². The molecule has 1 N–H and O–H groups in total. The number of likely N-dealkylation sites (N-methyl/N-ethyl adjacent to an activating group) is 1. The Labute approximate surface area is 214 Å². The maximum absolute atomic E-state index is 13.5. The number of amides is 1. The molecule has 0 unspecified atom stereocenters. The normalized spacial score (nSPS) is 14.8. The standard InChI is InChI=1S/C25H33FN6O3S/c1-6-35-22(34)17-11-13-31(14-12-17)19(33)15-30(5)24-29-32-21(28-25(2,3)4)20(27-23(32)36-24)16-7-9-18(26)10-8-16/h7-10,17,28H,6,11-15H2,1-5H3. The highest BCUT2D eigenvalue weighted by Gasteiger charge is 2.29. The van der Waals surface area contributed by atoms with Crippen LogP contribution in [-0.4, -0.2) is 70.2 Å². The molecule has 4 rings (SSSR count). The predicted molar refractivity (Wildman–Crippen MR) is 139 cm³/mol. The molecule has 194 valence electrons. The summed E-state index contributed by atoms with van der Waals surface area (Å²) in [5.74, 6) is 0.0945. The lowest BCUT2D eigenvalue weighted by atomic mass is 9.97. The minimum atomic E-state index is -0.304. The van der Waals surface area contributed by atoms with Gasteiger partial charge in [-0.3, -0.25) is 9.59 Å². The van der Waals surface area contributed by atoms with Crippen LogP contribution in [0.4, 0.5) is 15.3 Å². The number of fused-ring (bicyclic) bond motifs is 1. The van der Waals surface area contributed by atoms with Gasteiger partial charge in [-0.1, -0.05) is 11.3 Å². The van der Waals surface area contributed by atoms with Crippen LogP contribution in [0.25, 0.3) is 16.2 Å². The van der Waals surface area contributed by atoms with Gasteiger partial charge in [-0.05, 0) is 64.8 Å². The molecule has 36 heavy (non-hydrogen) atoms. The van der Waals surface area contributed by atoms with Crippen LogP contribution in [0, 0.1) is 11.7 Å². The van der Waals surface area contributed by atoms with Crippen LogP contribution in [0.3, 0.4) is 0 Å². The Morgan fingerprint density at radius 2 is 1.89 bits per heavy atom. The summed E-state index contributed by atoms with van der Waals surface area (Å²) in [6.45, 7) is 9.56. The Bertz CT molecular complexity index is 1230. The summed E-state index contributed by atoms with van der Waals surface area (Å²) in [4.78, 5) is 34.0. The maximum atomic E-state index is 13.5. The fourth-order valence-electron chi connectivity index (χ4n) is 4.16. The average molecular weight is 517 g/mol. The molecule has 1 fully saturated rings. The highest BCUT2D eigenvalue weighted by molar-refractivity contribution is 7.20. The molecule has 0 radical (unpaired) electrons. The van der Waals surface area contributed by atoms with Gasteiger partial charge in [0.25, 0.3) is 0 Å². The summed E-state index contributed by atoms with van der Waals surface area (Å²) >= 11 is 1.38. The minimum Gasteiger partial charge on any atom is -0.466 e. The fraction of sp³-hybridized carbons (Fsp3) is 0.520. The third-order valence-corrected chi connectivity index (χ3v) is 6.99. The number of hydrogen-bond acceptors (Lipinski definition) is 8. The van der Waals surface area contributed by atoms with E-state index >= 15 is 0 Å². The van der Waals surface area contributed by atoms with Crippen molar-refractivity contribution in [3.8, 4) is 11.3 Å². The van der Waals surface area contributed by atoms with E-state index in [0.29, 0.717) is 54.1 Å². The van der Waals surface area contributed by atoms with E-state index in [1.165, 1.54) is 23.5 Å². The summed E-state index contributed by atoms with van der Waals surface area (Å²) < 4.78 is 20.3. The van der Waals surface area contributed by atoms with Crippen molar-refractivity contribution in [3.05, 3.63) is 30.1 Å². The summed E-state index contributed by atoms with van der Waals surface area (Å²) in [6.07, 6.45) is 1.24. The molecule has 1 aliphatic heterocycles. The Balaban J connectivity index is 1.49. The van der Waals surface area contributed by atoms with E-state index in [0.717, 1.165) is 5.56 Å². The van der Waals surface area contributed by atoms with Gasteiger partial charge < -0.3 is 19.9 Å². The lowest BCUT2D eigenvalue weighted by Crippen LogP contribution is -2.44. The van der Waals surface area contributed by atoms with Crippen molar-refractivity contribution in [1.82, 2.24) is 19.5 Å². The fourth-order valence-corrected chi connectivity index (χ4v) is 5.03. The molecular formula is C25H33FN6O3S. The largest absolute Gasteiger partial charge is 0.466 e. The molecule has 9 nitrogen and oxygen atoms in total. The Kier molecular flexibility index (Phi) is 7.49. The number of nitrogens with one attached hydrogen (secondary N) is 1. The third kappa shape index (κ3) is 5.77. The predicted octanol–water partition coefficient (Wildman–Crippen LogP) is 4.05. The molecule has 0 aliphatic carbocycles. The third-order valence-electron chi connectivity index (χ3n) is 5.97. The number of carbonyl (C=O) groups is 2. The molecule has 1 saturated heterocycles. The number of likely N-dealkylation sites (tertiary alicyclic amines) is 1. The number of nitrogens with zero attached hydrogens (tertiary/aromatic N) is 5. The molecule has 1 aliphatic rings. The van der Waals surface area contributed by atoms with Gasteiger partial charge in [0.1, 0.15) is 11.5 Å². The highest BCUT2D eigenvalue weighted by Crippen LogP contribution is 2.34. The Hall–Kier alpha value is -3.21. The quantitative estimate of drug-likeness (QED) is 0.474. The number of ether oxygens (including phenoxy) is 1. The summed E-state index contributed by atoms with van der Waals surface area (Å²) in [5.41, 5.74) is 1.22. The molecule has 2 aromatic heterocycles. The summed E-state index contributed by atoms with van der Waals surface area (Å²) in [5, 5.41) is 8.88. The van der Waals surface area contributed by atoms with Crippen LogP contribution in [0.1, 0.15) is 40.5 Å². The second-order valence-electron chi connectivity index (χ2n) is 10.0. The van der Waals surface area contributed by atoms with Crippen molar-refractivity contribution in [1.29, 1.82) is 0 Å². The Morgan fingerprint density at radius 1 is 1.22 bits per heavy atom. The number of imidazole rings is 1. The first-order valence-electron chi connectivity index (χ1n) is 12.1. The van der Waals surface area contributed by atoms with E-state index in [9.17, 15) is 14.0 Å². The van der Waals surface area contributed by atoms with E-state index in [-0.39, 0.29) is 35.7 Å². The van der Waals surface area contributed by atoms with Gasteiger partial charge in [-0.2, -0.15) is 4.52 Å². The van der Waals surface area contributed by atoms with Crippen molar-refractivity contribution >= 4 is 39.1 Å². The van der Waals surface area contributed by atoms with Crippen LogP contribution < -0.4 is 10.2 Å². The molecule has 1 aromatic carbocycles. The van der Waals surface area contributed by atoms with Crippen LogP contribution in [0.2, 0.25) is 0 Å². The van der Waals surface area contributed by atoms with Crippen LogP contribution in [-0.2, 0) is 14.3 Å². The molecule has 0 spiro atoms. The van der Waals surface area contributed by atoms with Gasteiger partial charge in [-0.25, -0.2) is 9.37 Å². The molecule has 3 heterocycles. The number of benzene rings is 1. The van der Waals surface area contributed by atoms with Crippen molar-refractivity contribution in [2.75, 3.05) is 43.5 Å². The van der Waals surface area contributed by atoms with Crippen molar-refractivity contribution in [2.24, 2.45) is 5.92 Å². The average Bonchev–Trinajstić information content (AvgIpc) is 3.38. The minimum absolute atomic E-state index is 0.00677. The lowest BCUT2D eigenvalue weighted by Gasteiger charge is -2.32. The van der Waals surface area contributed by atoms with E-state index in [2.05, 4.69) is 5.32 Å². The number of esters is 1. The smallest absolute Gasteiger partial charge is 0.309 e. The Morgan fingerprint density at radius 3 is 2.50 bits per heavy atom. The van der Waals surface area contributed by atoms with Crippen LogP contribution in [0.5, 0.6) is 0 Å². The van der Waals surface area contributed by atoms with Gasteiger partial charge in [0.15, 0.2) is 5.82 Å². The number of halogens is 1. The first-order valence-corrected chi connectivity index (χ1v) is 13.0. The number of rotatable bonds is 7. The summed E-state index contributed by atoms with van der Waals surface area (Å²) in [7, 11) is 1.83. The number of anilines is 2. The monoisotopic (exact) mass is 516 g/mol. The zero-order chi connectivity index (χ0) is 26.0. The maximum Gasteiger partial charge on any atom is 0.309 e. The second-order valence-corrected chi connectivity index (χ2v) is 11.0. The van der Waals surface area contributed by atoms with Gasteiger partial charge >= 0.3 is 5.97 Å². The molecular weight excluding hydrogens is 483 g/mol. The molecule has 3 aromatic rings. The van der Waals surface area contributed by atoms with Crippen molar-refractivity contribution in [3.63, 3.8) is 0 Å². The van der Waals surface area contributed by atoms with Crippen molar-refractivity contribution in [2.45, 2.75) is 46.1 Å². The molecule has 0 bridgehead atoms. The van der Waals surface area contributed by atoms with E-state index < -0.39 is 0 Å². The highest BCUT2D eigenvalue weighted by atomic mass is 32.1. The lowest BCUT2D eigenvalue weighted by molar-refractivity contribution is -0.151. The number of hydrogen-bond donors (Lipinski definition) is 1. The van der Waals surface area contributed by atoms with E-state index in [4.69, 9.17) is 14.8 Å². The molecule has 0 saturated carbocycles. The van der Waals surface area contributed by atoms with Crippen LogP contribution in [0.15, 0.2) is 24.3 Å². The molecule has 1 amide bonds. The SMILES string of the molecule is CCOC(=O)C1CCN(C(=O)CN(C)c2nn3c(NC(C)(C)C)c(-c4ccc(F)cc4)nc3s2)CC1. The zero-order valence-corrected chi connectivity index (χ0v) is 22.2. The number of carbonyl (C=O) groups excluding carboxylic acids is 2. The van der Waals surface area contributed by atoms with Crippen LogP contribution >= 0.6 is 11.3 Å². The molecule has 0 atom stereocenters. The molecule has 11 heteroatoms. The van der Waals surface area contributed by atoms with E-state index in [1.54, 1.807) is 28.5 Å². The number of aromatic nitrogens is 3. The van der Waals surface area contributed by atoms with E-state index in [1.807, 2.05) is 32.7 Å². The zero-order valence-electron chi connectivity index (χ0n) is 21.4. The summed E-state index contributed by atoms with van der Waals surface area (Å²) in [6, 6.07) is 6.23. The first-order chi connectivity index (χ1) is 17.1. The first kappa shape index (κ1) is 25.9. The topological polar surface area (TPSA) is 92.1 Å². The van der Waals surface area contributed by atoms with Crippen molar-refractivity contribution < 1.29 is 18.7 Å². The second kappa shape index (κ2) is 10.4. The number of piperidine rings is 1. The van der Waals surface area contributed by atoms with Gasteiger partial charge in [0.2, 0.25) is 16.0 Å².